The Balaban J connectivity index is 1.79. The fraction of sp³-hybridized carbons (Fsp3) is 0.250. The number of phenols is 1. The number of hydrogen-bond donors (Lipinski definition) is 3. The number of nitro benzene ring substituents is 1. The summed E-state index contributed by atoms with van der Waals surface area (Å²) >= 11 is 0. The summed E-state index contributed by atoms with van der Waals surface area (Å²) in [4.78, 5) is 37.8. The SMILES string of the molecule is CC1(C)CC(=O)C2=C(C1)Nc1[nH]n(-c3ccccc3)c(=O)c1[C@H]2c1cc([N+](=O)[O-])ccc1O. The predicted octanol–water partition coefficient (Wildman–Crippen LogP) is 3.98. The van der Waals surface area contributed by atoms with Crippen molar-refractivity contribution < 1.29 is 14.8 Å². The molecule has 0 saturated carbocycles. The number of ketones is 1. The molecule has 0 bridgehead atoms. The number of nitrogens with one attached hydrogen (secondary N) is 2. The van der Waals surface area contributed by atoms with E-state index in [1.165, 1.54) is 22.9 Å². The Bertz CT molecular complexity index is 1400. The van der Waals surface area contributed by atoms with Gasteiger partial charge in [0, 0.05) is 35.4 Å². The number of Topliss-reactive ketones (excluding diaryl/α,β-unsaturated/α-hetero) is 1. The number of nitro groups is 1. The van der Waals surface area contributed by atoms with E-state index in [1.807, 2.05) is 19.9 Å². The number of aromatic nitrogens is 2. The second-order valence-electron chi connectivity index (χ2n) is 9.27. The number of non-ortho nitro benzene ring substituents is 1. The molecule has 0 amide bonds. The van der Waals surface area contributed by atoms with E-state index in [9.17, 15) is 24.8 Å². The molecular formula is C24H22N4O5. The number of anilines is 1. The summed E-state index contributed by atoms with van der Waals surface area (Å²) in [6.07, 6.45) is 0.824. The highest BCUT2D eigenvalue weighted by Crippen LogP contribution is 2.49. The molecule has 1 atom stereocenters. The van der Waals surface area contributed by atoms with E-state index in [1.54, 1.807) is 24.3 Å². The van der Waals surface area contributed by atoms with E-state index in [4.69, 9.17) is 0 Å². The molecule has 1 aliphatic heterocycles. The Morgan fingerprint density at radius 3 is 2.55 bits per heavy atom. The molecule has 2 heterocycles. The van der Waals surface area contributed by atoms with Crippen LogP contribution in [0.15, 0.2) is 64.6 Å². The monoisotopic (exact) mass is 446 g/mol. The number of aromatic amines is 1. The molecule has 2 aromatic carbocycles. The molecule has 168 valence electrons. The lowest BCUT2D eigenvalue weighted by molar-refractivity contribution is -0.384. The molecule has 9 nitrogen and oxygen atoms in total. The van der Waals surface area contributed by atoms with E-state index in [0.717, 1.165) is 0 Å². The molecule has 0 spiro atoms. The van der Waals surface area contributed by atoms with Crippen LogP contribution < -0.4 is 10.9 Å². The molecule has 3 aromatic rings. The first-order valence-corrected chi connectivity index (χ1v) is 10.6. The largest absolute Gasteiger partial charge is 0.508 e. The van der Waals surface area contributed by atoms with Crippen molar-refractivity contribution in [1.29, 1.82) is 0 Å². The molecule has 33 heavy (non-hydrogen) atoms. The highest BCUT2D eigenvalue weighted by molar-refractivity contribution is 6.01. The lowest BCUT2D eigenvalue weighted by atomic mass is 9.69. The number of para-hydroxylation sites is 1. The summed E-state index contributed by atoms with van der Waals surface area (Å²) in [5.41, 5.74) is 1.10. The summed E-state index contributed by atoms with van der Waals surface area (Å²) < 4.78 is 1.37. The Labute approximate surface area is 188 Å². The van der Waals surface area contributed by atoms with Crippen LogP contribution in [0.3, 0.4) is 0 Å². The van der Waals surface area contributed by atoms with Gasteiger partial charge in [-0.2, -0.15) is 0 Å². The molecule has 3 N–H and O–H groups in total. The van der Waals surface area contributed by atoms with Crippen LogP contribution in [-0.2, 0) is 4.79 Å². The number of carbonyl (C=O) groups excluding carboxylic acids is 1. The maximum Gasteiger partial charge on any atom is 0.277 e. The zero-order valence-corrected chi connectivity index (χ0v) is 18.1. The first-order valence-electron chi connectivity index (χ1n) is 10.6. The standard InChI is InChI=1S/C24H22N4O5/c1-24(2)11-16-20(18(30)12-24)19(15-10-14(28(32)33)8-9-17(15)29)21-22(25-16)26-27(23(21)31)13-6-4-3-5-7-13/h3-10,19,25-26,29H,11-12H2,1-2H3/t19-/m0/s1. The lowest BCUT2D eigenvalue weighted by Crippen LogP contribution is -2.35. The number of H-pyrrole nitrogens is 1. The molecule has 1 aliphatic carbocycles. The number of aromatic hydroxyl groups is 1. The average Bonchev–Trinajstić information content (AvgIpc) is 3.08. The van der Waals surface area contributed by atoms with E-state index in [0.29, 0.717) is 29.2 Å². The summed E-state index contributed by atoms with van der Waals surface area (Å²) in [7, 11) is 0. The van der Waals surface area contributed by atoms with Crippen LogP contribution in [0.25, 0.3) is 5.69 Å². The van der Waals surface area contributed by atoms with Gasteiger partial charge in [0.25, 0.3) is 11.2 Å². The first-order chi connectivity index (χ1) is 15.7. The van der Waals surface area contributed by atoms with Gasteiger partial charge in [0.15, 0.2) is 5.78 Å². The normalized spacial score (nSPS) is 19.0. The Hall–Kier alpha value is -4.14. The number of nitrogens with zero attached hydrogens (tertiary/aromatic N) is 2. The van der Waals surface area contributed by atoms with Gasteiger partial charge in [-0.05, 0) is 30.0 Å². The molecule has 0 unspecified atom stereocenters. The smallest absolute Gasteiger partial charge is 0.277 e. The number of rotatable bonds is 3. The van der Waals surface area contributed by atoms with Crippen LogP contribution >= 0.6 is 0 Å². The van der Waals surface area contributed by atoms with Crippen molar-refractivity contribution in [1.82, 2.24) is 9.78 Å². The van der Waals surface area contributed by atoms with Gasteiger partial charge in [0.05, 0.1) is 22.1 Å². The minimum atomic E-state index is -0.937. The van der Waals surface area contributed by atoms with Gasteiger partial charge < -0.3 is 10.4 Å². The molecule has 5 rings (SSSR count). The number of hydrogen-bond acceptors (Lipinski definition) is 6. The highest BCUT2D eigenvalue weighted by atomic mass is 16.6. The van der Waals surface area contributed by atoms with Crippen molar-refractivity contribution in [3.05, 3.63) is 91.4 Å². The minimum Gasteiger partial charge on any atom is -0.508 e. The fourth-order valence-electron chi connectivity index (χ4n) is 4.85. The topological polar surface area (TPSA) is 130 Å². The van der Waals surface area contributed by atoms with Crippen LogP contribution in [0, 0.1) is 15.5 Å². The highest BCUT2D eigenvalue weighted by Gasteiger charge is 2.44. The molecule has 9 heteroatoms. The minimum absolute atomic E-state index is 0.151. The Morgan fingerprint density at radius 1 is 1.12 bits per heavy atom. The predicted molar refractivity (Wildman–Crippen MR) is 122 cm³/mol. The second kappa shape index (κ2) is 7.19. The number of carbonyl (C=O) groups is 1. The number of phenolic OH excluding ortho intramolecular Hbond substituents is 1. The van der Waals surface area contributed by atoms with Gasteiger partial charge in [-0.15, -0.1) is 0 Å². The van der Waals surface area contributed by atoms with Crippen LogP contribution in [0.5, 0.6) is 5.75 Å². The van der Waals surface area contributed by atoms with Gasteiger partial charge in [-0.1, -0.05) is 32.0 Å². The van der Waals surface area contributed by atoms with Crippen molar-refractivity contribution in [3.8, 4) is 11.4 Å². The van der Waals surface area contributed by atoms with Crippen molar-refractivity contribution in [2.75, 3.05) is 5.32 Å². The van der Waals surface area contributed by atoms with E-state index in [2.05, 4.69) is 10.4 Å². The van der Waals surface area contributed by atoms with Gasteiger partial charge in [0.1, 0.15) is 11.6 Å². The van der Waals surface area contributed by atoms with Crippen LogP contribution in [0.2, 0.25) is 0 Å². The quantitative estimate of drug-likeness (QED) is 0.412. The van der Waals surface area contributed by atoms with E-state index in [-0.39, 0.29) is 40.2 Å². The molecule has 0 fully saturated rings. The molecule has 0 radical (unpaired) electrons. The van der Waals surface area contributed by atoms with Gasteiger partial charge in [0.2, 0.25) is 0 Å². The van der Waals surface area contributed by atoms with Crippen molar-refractivity contribution >= 4 is 17.3 Å². The lowest BCUT2D eigenvalue weighted by Gasteiger charge is -2.37. The van der Waals surface area contributed by atoms with E-state index < -0.39 is 16.4 Å². The Morgan fingerprint density at radius 2 is 1.85 bits per heavy atom. The van der Waals surface area contributed by atoms with Crippen molar-refractivity contribution in [3.63, 3.8) is 0 Å². The fourth-order valence-corrected chi connectivity index (χ4v) is 4.85. The first kappa shape index (κ1) is 20.7. The number of fused-ring (bicyclic) bond motifs is 1. The zero-order valence-electron chi connectivity index (χ0n) is 18.1. The van der Waals surface area contributed by atoms with Crippen LogP contribution in [0.1, 0.15) is 43.7 Å². The Kier molecular flexibility index (Phi) is 4.52. The molecule has 0 saturated heterocycles. The van der Waals surface area contributed by atoms with Crippen LogP contribution in [-0.4, -0.2) is 25.6 Å². The van der Waals surface area contributed by atoms with Crippen molar-refractivity contribution in [2.45, 2.75) is 32.6 Å². The molecule has 2 aliphatic rings. The van der Waals surface area contributed by atoms with Gasteiger partial charge >= 0.3 is 0 Å². The van der Waals surface area contributed by atoms with Gasteiger partial charge in [-0.3, -0.25) is 24.8 Å². The molecular weight excluding hydrogens is 424 g/mol. The van der Waals surface area contributed by atoms with Crippen molar-refractivity contribution in [2.24, 2.45) is 5.41 Å². The van der Waals surface area contributed by atoms with E-state index >= 15 is 0 Å². The summed E-state index contributed by atoms with van der Waals surface area (Å²) in [5, 5.41) is 28.5. The average molecular weight is 446 g/mol. The van der Waals surface area contributed by atoms with Crippen LogP contribution in [0.4, 0.5) is 11.5 Å². The third kappa shape index (κ3) is 3.32. The van der Waals surface area contributed by atoms with Gasteiger partial charge in [-0.25, -0.2) is 4.68 Å². The summed E-state index contributed by atoms with van der Waals surface area (Å²) in [5.74, 6) is -0.894. The maximum absolute atomic E-state index is 13.6. The molecule has 1 aromatic heterocycles. The third-order valence-corrected chi connectivity index (χ3v) is 6.25. The number of benzene rings is 2. The zero-order chi connectivity index (χ0) is 23.5. The summed E-state index contributed by atoms with van der Waals surface area (Å²) in [6.45, 7) is 3.98. The maximum atomic E-state index is 13.6. The number of allylic oxidation sites excluding steroid dienone is 2. The second-order valence-corrected chi connectivity index (χ2v) is 9.27. The summed E-state index contributed by atoms with van der Waals surface area (Å²) in [6, 6.07) is 12.6. The third-order valence-electron chi connectivity index (χ3n) is 6.25.